The Kier molecular flexibility index (Phi) is 4.54. The zero-order valence-corrected chi connectivity index (χ0v) is 14.5. The summed E-state index contributed by atoms with van der Waals surface area (Å²) in [6, 6.07) is 6.52. The van der Waals surface area contributed by atoms with Gasteiger partial charge in [-0.15, -0.1) is 0 Å². The van der Waals surface area contributed by atoms with Crippen LogP contribution in [0.15, 0.2) is 29.2 Å². The zero-order valence-electron chi connectivity index (χ0n) is 13.6. The first-order valence-corrected chi connectivity index (χ1v) is 9.80. The smallest absolute Gasteiger partial charge is 0.242 e. The highest BCUT2D eigenvalue weighted by Gasteiger charge is 2.40. The maximum atomic E-state index is 12.6. The van der Waals surface area contributed by atoms with Crippen LogP contribution in [0.4, 0.5) is 5.69 Å². The molecule has 0 aromatic heterocycles. The number of carbonyl (C=O) groups excluding carboxylic acids is 1. The Hall–Kier alpha value is -1.64. The number of hydrogen-bond donors (Lipinski definition) is 2. The van der Waals surface area contributed by atoms with Crippen LogP contribution in [0.3, 0.4) is 0 Å². The largest absolute Gasteiger partial charge is 0.368 e. The molecule has 7 nitrogen and oxygen atoms in total. The maximum Gasteiger partial charge on any atom is 0.242 e. The molecule has 0 bridgehead atoms. The minimum absolute atomic E-state index is 0.0734. The van der Waals surface area contributed by atoms with Gasteiger partial charge in [0.25, 0.3) is 0 Å². The quantitative estimate of drug-likeness (QED) is 0.810. The molecule has 1 aromatic rings. The van der Waals surface area contributed by atoms with Gasteiger partial charge in [0.2, 0.25) is 15.9 Å². The molecule has 132 valence electrons. The van der Waals surface area contributed by atoms with E-state index in [1.807, 2.05) is 4.90 Å². The van der Waals surface area contributed by atoms with Crippen molar-refractivity contribution in [2.45, 2.75) is 36.1 Å². The fourth-order valence-electron chi connectivity index (χ4n) is 3.55. The van der Waals surface area contributed by atoms with E-state index in [0.29, 0.717) is 26.2 Å². The molecule has 0 unspecified atom stereocenters. The molecule has 2 aliphatic rings. The van der Waals surface area contributed by atoms with Gasteiger partial charge in [-0.2, -0.15) is 0 Å². The summed E-state index contributed by atoms with van der Waals surface area (Å²) in [6.45, 7) is 2.68. The Balaban J connectivity index is 1.62. The predicted molar refractivity (Wildman–Crippen MR) is 92.0 cm³/mol. The molecule has 0 atom stereocenters. The molecule has 8 heteroatoms. The van der Waals surface area contributed by atoms with Crippen LogP contribution in [-0.2, 0) is 14.8 Å². The van der Waals surface area contributed by atoms with E-state index in [2.05, 4.69) is 4.90 Å². The molecule has 0 spiro atoms. The van der Waals surface area contributed by atoms with Crippen molar-refractivity contribution in [1.29, 1.82) is 0 Å². The average Bonchev–Trinajstić information content (AvgIpc) is 3.02. The van der Waals surface area contributed by atoms with Gasteiger partial charge in [0, 0.05) is 31.9 Å². The summed E-state index contributed by atoms with van der Waals surface area (Å²) in [6.07, 6.45) is 3.61. The highest BCUT2D eigenvalue weighted by Crippen LogP contribution is 2.29. The summed E-state index contributed by atoms with van der Waals surface area (Å²) < 4.78 is 22.6. The Morgan fingerprint density at radius 3 is 2.04 bits per heavy atom. The molecule has 2 fully saturated rings. The van der Waals surface area contributed by atoms with Gasteiger partial charge >= 0.3 is 0 Å². The van der Waals surface area contributed by atoms with Crippen molar-refractivity contribution in [3.05, 3.63) is 24.3 Å². The van der Waals surface area contributed by atoms with Gasteiger partial charge in [-0.3, -0.25) is 4.79 Å². The molecule has 24 heavy (non-hydrogen) atoms. The Morgan fingerprint density at radius 2 is 1.54 bits per heavy atom. The number of piperazine rings is 1. The van der Waals surface area contributed by atoms with Crippen LogP contribution < -0.4 is 15.8 Å². The van der Waals surface area contributed by atoms with Crippen molar-refractivity contribution in [2.24, 2.45) is 10.9 Å². The molecule has 1 aliphatic heterocycles. The summed E-state index contributed by atoms with van der Waals surface area (Å²) >= 11 is 0. The van der Waals surface area contributed by atoms with Crippen LogP contribution in [0.2, 0.25) is 0 Å². The first kappa shape index (κ1) is 17.2. The number of nitrogens with zero attached hydrogens (tertiary/aromatic N) is 2. The molecule has 1 aromatic carbocycles. The van der Waals surface area contributed by atoms with Gasteiger partial charge in [-0.25, -0.2) is 13.6 Å². The maximum absolute atomic E-state index is 12.6. The van der Waals surface area contributed by atoms with E-state index in [0.717, 1.165) is 31.4 Å². The van der Waals surface area contributed by atoms with Gasteiger partial charge in [-0.1, -0.05) is 12.8 Å². The highest BCUT2D eigenvalue weighted by molar-refractivity contribution is 7.89. The zero-order chi connectivity index (χ0) is 17.4. The van der Waals surface area contributed by atoms with Crippen LogP contribution >= 0.6 is 0 Å². The Bertz CT molecular complexity index is 703. The van der Waals surface area contributed by atoms with Gasteiger partial charge in [0.15, 0.2) is 0 Å². The first-order valence-electron chi connectivity index (χ1n) is 8.26. The molecule has 1 saturated carbocycles. The van der Waals surface area contributed by atoms with E-state index < -0.39 is 15.6 Å². The lowest BCUT2D eigenvalue weighted by Crippen LogP contribution is -2.58. The van der Waals surface area contributed by atoms with Gasteiger partial charge in [-0.05, 0) is 37.1 Å². The summed E-state index contributed by atoms with van der Waals surface area (Å²) in [5, 5.41) is 5.11. The molecule has 3 rings (SSSR count). The number of rotatable bonds is 3. The second-order valence-corrected chi connectivity index (χ2v) is 8.24. The van der Waals surface area contributed by atoms with Gasteiger partial charge in [0.1, 0.15) is 0 Å². The number of sulfonamides is 1. The molecule has 4 N–H and O–H groups in total. The summed E-state index contributed by atoms with van der Waals surface area (Å²) in [4.78, 5) is 16.7. The lowest BCUT2D eigenvalue weighted by molar-refractivity contribution is -0.137. The molecular formula is C16H24N4O3S. The van der Waals surface area contributed by atoms with Crippen LogP contribution in [0, 0.1) is 0 Å². The topological polar surface area (TPSA) is 110 Å². The third-order valence-electron chi connectivity index (χ3n) is 5.02. The van der Waals surface area contributed by atoms with E-state index in [1.165, 1.54) is 12.1 Å². The van der Waals surface area contributed by atoms with Crippen molar-refractivity contribution >= 4 is 21.6 Å². The highest BCUT2D eigenvalue weighted by atomic mass is 32.2. The number of nitrogens with two attached hydrogens (primary N) is 2. The lowest BCUT2D eigenvalue weighted by Gasteiger charge is -2.39. The van der Waals surface area contributed by atoms with Crippen LogP contribution in [0.25, 0.3) is 0 Å². The second kappa shape index (κ2) is 6.34. The molecule has 1 amide bonds. The number of amides is 1. The van der Waals surface area contributed by atoms with Crippen LogP contribution in [-0.4, -0.2) is 50.9 Å². The molecule has 0 radical (unpaired) electrons. The van der Waals surface area contributed by atoms with Crippen LogP contribution in [0.1, 0.15) is 25.7 Å². The first-order chi connectivity index (χ1) is 11.3. The Morgan fingerprint density at radius 1 is 1.00 bits per heavy atom. The molecule has 1 saturated heterocycles. The third kappa shape index (κ3) is 3.40. The van der Waals surface area contributed by atoms with Crippen molar-refractivity contribution in [3.8, 4) is 0 Å². The van der Waals surface area contributed by atoms with Crippen molar-refractivity contribution in [1.82, 2.24) is 4.90 Å². The number of benzene rings is 1. The van der Waals surface area contributed by atoms with E-state index in [1.54, 1.807) is 12.1 Å². The number of anilines is 1. The summed E-state index contributed by atoms with van der Waals surface area (Å²) in [5.41, 5.74) is 6.52. The van der Waals surface area contributed by atoms with Crippen molar-refractivity contribution < 1.29 is 13.2 Å². The standard InChI is InChI=1S/C16H24N4O3S/c17-16(7-1-2-8-16)15(21)20-11-9-19(10-12-20)13-3-5-14(6-4-13)24(18,22)23/h3-6H,1-2,7-12,17H2,(H2,18,22,23). The normalized spacial score (nSPS) is 21.1. The van der Waals surface area contributed by atoms with E-state index in [4.69, 9.17) is 10.9 Å². The minimum Gasteiger partial charge on any atom is -0.368 e. The number of carbonyl (C=O) groups is 1. The monoisotopic (exact) mass is 352 g/mol. The average molecular weight is 352 g/mol. The third-order valence-corrected chi connectivity index (χ3v) is 5.95. The predicted octanol–water partition coefficient (Wildman–Crippen LogP) is 0.254. The summed E-state index contributed by atoms with van der Waals surface area (Å²) in [7, 11) is -3.67. The minimum atomic E-state index is -3.67. The second-order valence-electron chi connectivity index (χ2n) is 6.68. The lowest BCUT2D eigenvalue weighted by atomic mass is 9.97. The molecule has 1 heterocycles. The van der Waals surface area contributed by atoms with E-state index in [-0.39, 0.29) is 10.8 Å². The van der Waals surface area contributed by atoms with E-state index in [9.17, 15) is 13.2 Å². The Labute approximate surface area is 142 Å². The van der Waals surface area contributed by atoms with Crippen molar-refractivity contribution in [2.75, 3.05) is 31.1 Å². The number of hydrogen-bond acceptors (Lipinski definition) is 5. The van der Waals surface area contributed by atoms with Gasteiger partial charge < -0.3 is 15.5 Å². The SMILES string of the molecule is NC1(C(=O)N2CCN(c3ccc(S(N)(=O)=O)cc3)CC2)CCCC1. The molecule has 1 aliphatic carbocycles. The number of primary sulfonamides is 1. The van der Waals surface area contributed by atoms with Gasteiger partial charge in [0.05, 0.1) is 10.4 Å². The summed E-state index contributed by atoms with van der Waals surface area (Å²) in [5.74, 6) is 0.0734. The van der Waals surface area contributed by atoms with Crippen molar-refractivity contribution in [3.63, 3.8) is 0 Å². The fraction of sp³-hybridized carbons (Fsp3) is 0.562. The fourth-order valence-corrected chi connectivity index (χ4v) is 4.06. The van der Waals surface area contributed by atoms with Crippen LogP contribution in [0.5, 0.6) is 0 Å². The van der Waals surface area contributed by atoms with E-state index >= 15 is 0 Å². The molecular weight excluding hydrogens is 328 g/mol.